The van der Waals surface area contributed by atoms with Crippen LogP contribution in [0.15, 0.2) is 24.3 Å². The summed E-state index contributed by atoms with van der Waals surface area (Å²) < 4.78 is 0. The summed E-state index contributed by atoms with van der Waals surface area (Å²) >= 11 is 5.60. The van der Waals surface area contributed by atoms with E-state index in [0.29, 0.717) is 0 Å². The molecule has 0 aromatic heterocycles. The quantitative estimate of drug-likeness (QED) is 0.439. The molecule has 0 bridgehead atoms. The van der Waals surface area contributed by atoms with Crippen LogP contribution < -0.4 is 0 Å². The summed E-state index contributed by atoms with van der Waals surface area (Å²) in [6.45, 7) is 0. The molecular weight excluding hydrogens is 212 g/mol. The molecular formula is C7H5ClN2O4. The summed E-state index contributed by atoms with van der Waals surface area (Å²) in [6.07, 6.45) is -2.00. The summed E-state index contributed by atoms with van der Waals surface area (Å²) in [6, 6.07) is 5.64. The normalized spacial score (nSPS) is 10.1. The Balaban J connectivity index is 3.18. The number of nitro groups is 2. The fourth-order valence-corrected chi connectivity index (χ4v) is 1.22. The second-order valence-corrected chi connectivity index (χ2v) is 2.87. The van der Waals surface area contributed by atoms with E-state index in [-0.39, 0.29) is 10.6 Å². The van der Waals surface area contributed by atoms with Gasteiger partial charge in [0.05, 0.1) is 5.02 Å². The molecule has 74 valence electrons. The van der Waals surface area contributed by atoms with Crippen molar-refractivity contribution in [2.45, 2.75) is 6.17 Å². The van der Waals surface area contributed by atoms with E-state index in [9.17, 15) is 20.2 Å². The molecule has 0 saturated carbocycles. The van der Waals surface area contributed by atoms with Crippen molar-refractivity contribution < 1.29 is 9.85 Å². The van der Waals surface area contributed by atoms with Gasteiger partial charge in [0, 0.05) is 0 Å². The van der Waals surface area contributed by atoms with Crippen molar-refractivity contribution in [1.29, 1.82) is 0 Å². The van der Waals surface area contributed by atoms with Gasteiger partial charge >= 0.3 is 6.17 Å². The zero-order chi connectivity index (χ0) is 10.7. The first-order chi connectivity index (χ1) is 6.54. The van der Waals surface area contributed by atoms with Gasteiger partial charge in [-0.15, -0.1) is 0 Å². The molecule has 0 atom stereocenters. The van der Waals surface area contributed by atoms with Gasteiger partial charge < -0.3 is 0 Å². The number of benzene rings is 1. The first-order valence-electron chi connectivity index (χ1n) is 3.55. The fourth-order valence-electron chi connectivity index (χ4n) is 0.989. The minimum Gasteiger partial charge on any atom is -0.258 e. The van der Waals surface area contributed by atoms with Crippen molar-refractivity contribution in [1.82, 2.24) is 0 Å². The Hall–Kier alpha value is -1.69. The van der Waals surface area contributed by atoms with E-state index >= 15 is 0 Å². The highest BCUT2D eigenvalue weighted by atomic mass is 35.5. The van der Waals surface area contributed by atoms with Crippen LogP contribution in [0.3, 0.4) is 0 Å². The first-order valence-corrected chi connectivity index (χ1v) is 3.93. The van der Waals surface area contributed by atoms with Crippen molar-refractivity contribution in [3.63, 3.8) is 0 Å². The number of hydrogen-bond donors (Lipinski definition) is 0. The third kappa shape index (κ3) is 1.97. The second kappa shape index (κ2) is 4.01. The zero-order valence-electron chi connectivity index (χ0n) is 6.79. The zero-order valence-corrected chi connectivity index (χ0v) is 7.55. The van der Waals surface area contributed by atoms with E-state index in [1.807, 2.05) is 0 Å². The molecule has 0 amide bonds. The van der Waals surface area contributed by atoms with Crippen LogP contribution in [-0.4, -0.2) is 9.85 Å². The van der Waals surface area contributed by atoms with Gasteiger partial charge in [-0.1, -0.05) is 23.7 Å². The lowest BCUT2D eigenvalue weighted by Gasteiger charge is -2.02. The SMILES string of the molecule is O=[N+]([O-])C(c1ccccc1Cl)[N+](=O)[O-]. The average Bonchev–Trinajstić information content (AvgIpc) is 2.07. The molecule has 7 heteroatoms. The van der Waals surface area contributed by atoms with Crippen LogP contribution in [0.1, 0.15) is 11.7 Å². The lowest BCUT2D eigenvalue weighted by Crippen LogP contribution is -2.19. The average molecular weight is 217 g/mol. The van der Waals surface area contributed by atoms with Crippen molar-refractivity contribution in [3.8, 4) is 0 Å². The Morgan fingerprint density at radius 3 is 2.07 bits per heavy atom. The Labute approximate surface area is 83.4 Å². The Morgan fingerprint density at radius 2 is 1.64 bits per heavy atom. The first kappa shape index (κ1) is 10.4. The van der Waals surface area contributed by atoms with E-state index in [4.69, 9.17) is 11.6 Å². The van der Waals surface area contributed by atoms with Crippen LogP contribution in [0.25, 0.3) is 0 Å². The number of hydrogen-bond acceptors (Lipinski definition) is 4. The van der Waals surface area contributed by atoms with Crippen LogP contribution >= 0.6 is 11.6 Å². The molecule has 1 aromatic rings. The predicted octanol–water partition coefficient (Wildman–Crippen LogP) is 1.89. The minimum absolute atomic E-state index is 0.0194. The monoisotopic (exact) mass is 216 g/mol. The molecule has 0 aliphatic heterocycles. The van der Waals surface area contributed by atoms with E-state index in [2.05, 4.69) is 0 Å². The Kier molecular flexibility index (Phi) is 2.98. The van der Waals surface area contributed by atoms with Gasteiger partial charge in [0.15, 0.2) is 0 Å². The molecule has 1 rings (SSSR count). The summed E-state index contributed by atoms with van der Waals surface area (Å²) in [4.78, 5) is 18.8. The van der Waals surface area contributed by atoms with Gasteiger partial charge in [-0.25, -0.2) is 0 Å². The lowest BCUT2D eigenvalue weighted by atomic mass is 10.2. The van der Waals surface area contributed by atoms with Gasteiger partial charge in [-0.3, -0.25) is 20.2 Å². The molecule has 0 aliphatic rings. The van der Waals surface area contributed by atoms with E-state index < -0.39 is 16.0 Å². The van der Waals surface area contributed by atoms with Crippen molar-refractivity contribution >= 4 is 11.6 Å². The maximum absolute atomic E-state index is 10.4. The smallest absolute Gasteiger partial charge is 0.258 e. The van der Waals surface area contributed by atoms with Gasteiger partial charge in [-0.2, -0.15) is 0 Å². The second-order valence-electron chi connectivity index (χ2n) is 2.47. The molecule has 0 radical (unpaired) electrons. The molecule has 0 spiro atoms. The lowest BCUT2D eigenvalue weighted by molar-refractivity contribution is -0.752. The third-order valence-electron chi connectivity index (χ3n) is 1.58. The largest absolute Gasteiger partial charge is 0.478 e. The van der Waals surface area contributed by atoms with E-state index in [1.165, 1.54) is 18.2 Å². The number of halogens is 1. The molecule has 6 nitrogen and oxygen atoms in total. The van der Waals surface area contributed by atoms with Crippen LogP contribution in [0.2, 0.25) is 5.02 Å². The minimum atomic E-state index is -2.00. The van der Waals surface area contributed by atoms with Crippen LogP contribution in [0, 0.1) is 20.2 Å². The Bertz CT molecular complexity index is 368. The van der Waals surface area contributed by atoms with Crippen molar-refractivity contribution in [2.24, 2.45) is 0 Å². The third-order valence-corrected chi connectivity index (χ3v) is 1.93. The number of rotatable bonds is 3. The molecule has 0 aliphatic carbocycles. The summed E-state index contributed by atoms with van der Waals surface area (Å²) in [7, 11) is 0. The molecule has 1 aromatic carbocycles. The summed E-state index contributed by atoms with van der Waals surface area (Å²) in [5, 5.41) is 20.8. The van der Waals surface area contributed by atoms with Gasteiger partial charge in [0.25, 0.3) is 0 Å². The van der Waals surface area contributed by atoms with Gasteiger partial charge in [-0.05, 0) is 12.1 Å². The van der Waals surface area contributed by atoms with Crippen molar-refractivity contribution in [2.75, 3.05) is 0 Å². The fraction of sp³-hybridized carbons (Fsp3) is 0.143. The topological polar surface area (TPSA) is 86.3 Å². The highest BCUT2D eigenvalue weighted by molar-refractivity contribution is 6.31. The highest BCUT2D eigenvalue weighted by Gasteiger charge is 2.36. The molecule has 0 heterocycles. The van der Waals surface area contributed by atoms with Crippen LogP contribution in [0.4, 0.5) is 0 Å². The standard InChI is InChI=1S/C7H5ClN2O4/c8-6-4-2-1-3-5(6)7(9(11)12)10(13)14/h1-4,7H. The summed E-state index contributed by atoms with van der Waals surface area (Å²) in [5.41, 5.74) is -0.107. The molecule has 0 N–H and O–H groups in total. The molecule has 0 unspecified atom stereocenters. The van der Waals surface area contributed by atoms with Crippen LogP contribution in [-0.2, 0) is 0 Å². The van der Waals surface area contributed by atoms with Gasteiger partial charge in [0.1, 0.15) is 15.4 Å². The van der Waals surface area contributed by atoms with E-state index in [0.717, 1.165) is 0 Å². The maximum Gasteiger partial charge on any atom is 0.478 e. The highest BCUT2D eigenvalue weighted by Crippen LogP contribution is 2.24. The molecule has 14 heavy (non-hydrogen) atoms. The van der Waals surface area contributed by atoms with E-state index in [1.54, 1.807) is 6.07 Å². The molecule has 0 fully saturated rings. The Morgan fingerprint density at radius 1 is 1.14 bits per heavy atom. The van der Waals surface area contributed by atoms with Gasteiger partial charge in [0.2, 0.25) is 0 Å². The van der Waals surface area contributed by atoms with Crippen molar-refractivity contribution in [3.05, 3.63) is 55.1 Å². The maximum atomic E-state index is 10.4. The summed E-state index contributed by atoms with van der Waals surface area (Å²) in [5.74, 6) is 0. The molecule has 0 saturated heterocycles. The predicted molar refractivity (Wildman–Crippen MR) is 48.2 cm³/mol. The number of nitrogens with zero attached hydrogens (tertiary/aromatic N) is 2. The van der Waals surface area contributed by atoms with Crippen LogP contribution in [0.5, 0.6) is 0 Å².